The number of carboxylic acids is 1. The standard InChI is InChI=1S/C11H17N3O3/c1-7(2)3-8(6-15)14-10-5-12-9(4-13-10)11(16)17/h4-5,7-8,15H,3,6H2,1-2H3,(H,13,14)(H,16,17). The van der Waals surface area contributed by atoms with Gasteiger partial charge in [-0.1, -0.05) is 13.8 Å². The molecule has 6 nitrogen and oxygen atoms in total. The minimum absolute atomic E-state index is 0.000538. The third-order valence-electron chi connectivity index (χ3n) is 2.20. The number of aliphatic hydroxyl groups is 1. The molecule has 0 radical (unpaired) electrons. The highest BCUT2D eigenvalue weighted by molar-refractivity contribution is 5.84. The largest absolute Gasteiger partial charge is 0.476 e. The van der Waals surface area contributed by atoms with E-state index >= 15 is 0 Å². The van der Waals surface area contributed by atoms with Gasteiger partial charge in [0.05, 0.1) is 25.0 Å². The average molecular weight is 239 g/mol. The van der Waals surface area contributed by atoms with Crippen molar-refractivity contribution in [1.29, 1.82) is 0 Å². The number of aromatic nitrogens is 2. The maximum absolute atomic E-state index is 10.6. The topological polar surface area (TPSA) is 95.3 Å². The van der Waals surface area contributed by atoms with E-state index in [1.54, 1.807) is 0 Å². The summed E-state index contributed by atoms with van der Waals surface area (Å²) in [5.41, 5.74) is -0.0973. The Kier molecular flexibility index (Phi) is 4.84. The number of aromatic carboxylic acids is 1. The Bertz CT molecular complexity index is 365. The molecule has 94 valence electrons. The monoisotopic (exact) mass is 239 g/mol. The third-order valence-corrected chi connectivity index (χ3v) is 2.20. The third kappa shape index (κ3) is 4.36. The number of nitrogens with one attached hydrogen (secondary N) is 1. The second-order valence-corrected chi connectivity index (χ2v) is 4.25. The second-order valence-electron chi connectivity index (χ2n) is 4.25. The van der Waals surface area contributed by atoms with Crippen molar-refractivity contribution in [2.24, 2.45) is 5.92 Å². The average Bonchev–Trinajstić information content (AvgIpc) is 2.28. The summed E-state index contributed by atoms with van der Waals surface area (Å²) in [5.74, 6) is -0.189. The van der Waals surface area contributed by atoms with Gasteiger partial charge in [-0.05, 0) is 12.3 Å². The van der Waals surface area contributed by atoms with Crippen LogP contribution in [0.4, 0.5) is 5.82 Å². The van der Waals surface area contributed by atoms with E-state index in [9.17, 15) is 9.90 Å². The normalized spacial score (nSPS) is 12.5. The molecule has 1 rings (SSSR count). The van der Waals surface area contributed by atoms with Crippen molar-refractivity contribution in [1.82, 2.24) is 9.97 Å². The van der Waals surface area contributed by atoms with Crippen LogP contribution in [0.1, 0.15) is 30.8 Å². The zero-order valence-electron chi connectivity index (χ0n) is 9.92. The van der Waals surface area contributed by atoms with Crippen LogP contribution < -0.4 is 5.32 Å². The molecule has 0 saturated carbocycles. The van der Waals surface area contributed by atoms with Gasteiger partial charge in [-0.15, -0.1) is 0 Å². The van der Waals surface area contributed by atoms with Crippen molar-refractivity contribution in [3.8, 4) is 0 Å². The van der Waals surface area contributed by atoms with Crippen molar-refractivity contribution in [2.45, 2.75) is 26.3 Å². The molecule has 0 bridgehead atoms. The molecule has 3 N–H and O–H groups in total. The van der Waals surface area contributed by atoms with E-state index in [2.05, 4.69) is 29.1 Å². The molecule has 1 aromatic heterocycles. The number of rotatable bonds is 6. The van der Waals surface area contributed by atoms with Crippen LogP contribution >= 0.6 is 0 Å². The summed E-state index contributed by atoms with van der Waals surface area (Å²) < 4.78 is 0. The van der Waals surface area contributed by atoms with Crippen molar-refractivity contribution in [2.75, 3.05) is 11.9 Å². The van der Waals surface area contributed by atoms with Gasteiger partial charge in [-0.3, -0.25) is 0 Å². The SMILES string of the molecule is CC(C)CC(CO)Nc1cnc(C(=O)O)cn1. The van der Waals surface area contributed by atoms with Crippen molar-refractivity contribution >= 4 is 11.8 Å². The molecule has 0 spiro atoms. The Morgan fingerprint density at radius 2 is 2.12 bits per heavy atom. The van der Waals surface area contributed by atoms with Gasteiger partial charge in [0.25, 0.3) is 0 Å². The molecule has 0 aliphatic carbocycles. The summed E-state index contributed by atoms with van der Waals surface area (Å²) in [7, 11) is 0. The van der Waals surface area contributed by atoms with E-state index in [4.69, 9.17) is 5.11 Å². The van der Waals surface area contributed by atoms with Crippen LogP contribution in [0.3, 0.4) is 0 Å². The number of hydrogen-bond acceptors (Lipinski definition) is 5. The van der Waals surface area contributed by atoms with Crippen molar-refractivity contribution in [3.05, 3.63) is 18.1 Å². The molecular weight excluding hydrogens is 222 g/mol. The van der Waals surface area contributed by atoms with Crippen LogP contribution in [0.5, 0.6) is 0 Å². The quantitative estimate of drug-likeness (QED) is 0.685. The lowest BCUT2D eigenvalue weighted by Crippen LogP contribution is -2.26. The fraction of sp³-hybridized carbons (Fsp3) is 0.545. The Hall–Kier alpha value is -1.69. The summed E-state index contributed by atoms with van der Waals surface area (Å²) in [6, 6.07) is -0.0972. The fourth-order valence-electron chi connectivity index (χ4n) is 1.47. The molecule has 0 amide bonds. The number of anilines is 1. The number of carbonyl (C=O) groups is 1. The lowest BCUT2D eigenvalue weighted by Gasteiger charge is -2.18. The van der Waals surface area contributed by atoms with Gasteiger partial charge in [0.15, 0.2) is 5.69 Å². The number of hydrogen-bond donors (Lipinski definition) is 3. The Morgan fingerprint density at radius 1 is 1.41 bits per heavy atom. The zero-order chi connectivity index (χ0) is 12.8. The number of nitrogens with zero attached hydrogens (tertiary/aromatic N) is 2. The zero-order valence-corrected chi connectivity index (χ0v) is 9.92. The second kappa shape index (κ2) is 6.15. The molecule has 1 aromatic rings. The lowest BCUT2D eigenvalue weighted by molar-refractivity contribution is 0.0690. The first-order valence-electron chi connectivity index (χ1n) is 5.45. The Labute approximate surface area is 99.7 Å². The minimum Gasteiger partial charge on any atom is -0.476 e. The van der Waals surface area contributed by atoms with Crippen LogP contribution in [0.25, 0.3) is 0 Å². The van der Waals surface area contributed by atoms with E-state index < -0.39 is 5.97 Å². The van der Waals surface area contributed by atoms with Crippen LogP contribution in [0, 0.1) is 5.92 Å². The summed E-state index contributed by atoms with van der Waals surface area (Å²) in [4.78, 5) is 18.2. The number of aliphatic hydroxyl groups excluding tert-OH is 1. The highest BCUT2D eigenvalue weighted by Gasteiger charge is 2.11. The molecule has 0 aliphatic rings. The highest BCUT2D eigenvalue weighted by Crippen LogP contribution is 2.10. The molecule has 17 heavy (non-hydrogen) atoms. The van der Waals surface area contributed by atoms with E-state index in [0.717, 1.165) is 6.42 Å². The Morgan fingerprint density at radius 3 is 2.53 bits per heavy atom. The molecule has 1 unspecified atom stereocenters. The lowest BCUT2D eigenvalue weighted by atomic mass is 10.0. The molecule has 0 saturated heterocycles. The van der Waals surface area contributed by atoms with Gasteiger partial charge < -0.3 is 15.5 Å². The fourth-order valence-corrected chi connectivity index (χ4v) is 1.47. The van der Waals surface area contributed by atoms with Gasteiger partial charge >= 0.3 is 5.97 Å². The molecule has 0 aliphatic heterocycles. The van der Waals surface area contributed by atoms with E-state index in [1.807, 2.05) is 0 Å². The van der Waals surface area contributed by atoms with Gasteiger partial charge in [-0.25, -0.2) is 14.8 Å². The summed E-state index contributed by atoms with van der Waals surface area (Å²) in [6.07, 6.45) is 3.35. The first-order chi connectivity index (χ1) is 8.02. The molecule has 6 heteroatoms. The van der Waals surface area contributed by atoms with Crippen molar-refractivity contribution in [3.63, 3.8) is 0 Å². The predicted molar refractivity (Wildman–Crippen MR) is 62.9 cm³/mol. The molecular formula is C11H17N3O3. The van der Waals surface area contributed by atoms with Gasteiger partial charge in [0.2, 0.25) is 0 Å². The predicted octanol–water partition coefficient (Wildman–Crippen LogP) is 0.994. The maximum atomic E-state index is 10.6. The van der Waals surface area contributed by atoms with Gasteiger partial charge in [0.1, 0.15) is 5.82 Å². The molecule has 0 aromatic carbocycles. The summed E-state index contributed by atoms with van der Waals surface area (Å²) in [6.45, 7) is 4.12. The van der Waals surface area contributed by atoms with Crippen molar-refractivity contribution < 1.29 is 15.0 Å². The summed E-state index contributed by atoms with van der Waals surface area (Å²) >= 11 is 0. The van der Waals surface area contributed by atoms with Crippen LogP contribution in [0.15, 0.2) is 12.4 Å². The summed E-state index contributed by atoms with van der Waals surface area (Å²) in [5, 5.41) is 20.8. The van der Waals surface area contributed by atoms with Gasteiger partial charge in [-0.2, -0.15) is 0 Å². The molecule has 0 fully saturated rings. The number of carboxylic acid groups (broad SMARTS) is 1. The van der Waals surface area contributed by atoms with E-state index in [0.29, 0.717) is 11.7 Å². The van der Waals surface area contributed by atoms with Gasteiger partial charge in [0, 0.05) is 0 Å². The maximum Gasteiger partial charge on any atom is 0.356 e. The minimum atomic E-state index is -1.11. The molecule has 1 heterocycles. The van der Waals surface area contributed by atoms with Crippen LogP contribution in [0.2, 0.25) is 0 Å². The van der Waals surface area contributed by atoms with E-state index in [1.165, 1.54) is 12.4 Å². The van der Waals surface area contributed by atoms with Crippen LogP contribution in [-0.4, -0.2) is 38.8 Å². The Balaban J connectivity index is 2.64. The first-order valence-corrected chi connectivity index (χ1v) is 5.45. The van der Waals surface area contributed by atoms with Crippen LogP contribution in [-0.2, 0) is 0 Å². The first kappa shape index (κ1) is 13.4. The smallest absolute Gasteiger partial charge is 0.356 e. The van der Waals surface area contributed by atoms with E-state index in [-0.39, 0.29) is 18.3 Å². The highest BCUT2D eigenvalue weighted by atomic mass is 16.4. The molecule has 1 atom stereocenters.